The van der Waals surface area contributed by atoms with Crippen molar-refractivity contribution in [3.8, 4) is 0 Å². The first kappa shape index (κ1) is 16.5. The van der Waals surface area contributed by atoms with E-state index >= 15 is 0 Å². The van der Waals surface area contributed by atoms with Crippen LogP contribution in [0.5, 0.6) is 0 Å². The van der Waals surface area contributed by atoms with Gasteiger partial charge in [-0.1, -0.05) is 0 Å². The number of hydrogen-bond acceptors (Lipinski definition) is 6. The Balaban J connectivity index is 0. The first-order valence-corrected chi connectivity index (χ1v) is 5.19. The lowest BCUT2D eigenvalue weighted by molar-refractivity contribution is -0.138. The molecule has 0 saturated heterocycles. The topological polar surface area (TPSA) is 104 Å². The Morgan fingerprint density at radius 1 is 1.29 bits per heavy atom. The summed E-state index contributed by atoms with van der Waals surface area (Å²) >= 11 is 7.53. The second kappa shape index (κ2) is 9.60. The maximum Gasteiger partial charge on any atom is 0.320 e. The fourth-order valence-electron chi connectivity index (χ4n) is 0.243. The Kier molecular flexibility index (Phi) is 11.3. The zero-order chi connectivity index (χ0) is 11.7. The summed E-state index contributed by atoms with van der Waals surface area (Å²) in [7, 11) is 0. The molecular weight excluding hydrogens is 226 g/mol. The highest BCUT2D eigenvalue weighted by Crippen LogP contribution is 1.96. The van der Waals surface area contributed by atoms with Crippen molar-refractivity contribution in [2.45, 2.75) is 25.2 Å². The SMILES string of the molecule is CC(N)C(=O)O.OC(CS)C(O)CS. The number of aliphatic hydroxyl groups excluding tert-OH is 2. The lowest BCUT2D eigenvalue weighted by atomic mass is 10.3. The Hall–Kier alpha value is 0.0500. The average molecular weight is 243 g/mol. The van der Waals surface area contributed by atoms with Gasteiger partial charge < -0.3 is 21.1 Å². The van der Waals surface area contributed by atoms with Crippen molar-refractivity contribution >= 4 is 31.2 Å². The third-order valence-corrected chi connectivity index (χ3v) is 1.96. The van der Waals surface area contributed by atoms with Gasteiger partial charge in [0.2, 0.25) is 0 Å². The summed E-state index contributed by atoms with van der Waals surface area (Å²) in [5.41, 5.74) is 4.84. The number of rotatable bonds is 4. The highest BCUT2D eigenvalue weighted by molar-refractivity contribution is 7.80. The van der Waals surface area contributed by atoms with Gasteiger partial charge >= 0.3 is 5.97 Å². The van der Waals surface area contributed by atoms with E-state index in [1.807, 2.05) is 0 Å². The molecule has 0 aliphatic heterocycles. The first-order chi connectivity index (χ1) is 6.36. The third-order valence-electron chi connectivity index (χ3n) is 1.21. The van der Waals surface area contributed by atoms with E-state index in [0.717, 1.165) is 0 Å². The smallest absolute Gasteiger partial charge is 0.320 e. The van der Waals surface area contributed by atoms with E-state index in [4.69, 9.17) is 21.1 Å². The summed E-state index contributed by atoms with van der Waals surface area (Å²) in [5, 5.41) is 25.4. The monoisotopic (exact) mass is 243 g/mol. The van der Waals surface area contributed by atoms with Gasteiger partial charge in [-0.25, -0.2) is 0 Å². The molecule has 0 aliphatic carbocycles. The minimum Gasteiger partial charge on any atom is -0.480 e. The maximum absolute atomic E-state index is 9.57. The molecule has 14 heavy (non-hydrogen) atoms. The normalized spacial score (nSPS) is 16.1. The fraction of sp³-hybridized carbons (Fsp3) is 0.857. The quantitative estimate of drug-likeness (QED) is 0.355. The number of carboxylic acid groups (broad SMARTS) is 1. The molecule has 0 aromatic heterocycles. The Morgan fingerprint density at radius 2 is 1.50 bits per heavy atom. The van der Waals surface area contributed by atoms with Crippen molar-refractivity contribution in [2.24, 2.45) is 5.73 Å². The van der Waals surface area contributed by atoms with Gasteiger partial charge in [0.05, 0.1) is 12.2 Å². The van der Waals surface area contributed by atoms with Crippen LogP contribution >= 0.6 is 25.3 Å². The number of nitrogens with two attached hydrogens (primary N) is 1. The Morgan fingerprint density at radius 3 is 1.57 bits per heavy atom. The summed E-state index contributed by atoms with van der Waals surface area (Å²) in [6.07, 6.45) is -1.48. The van der Waals surface area contributed by atoms with Gasteiger partial charge in [-0.2, -0.15) is 25.3 Å². The standard InChI is InChI=1S/C4H10O2S2.C3H7NO2/c5-3(1-7)4(6)2-8;1-2(4)3(5)6/h3-8H,1-2H2;2H,4H2,1H3,(H,5,6). The molecule has 3 atom stereocenters. The van der Waals surface area contributed by atoms with Crippen molar-refractivity contribution in [3.63, 3.8) is 0 Å². The zero-order valence-electron chi connectivity index (χ0n) is 7.87. The predicted octanol–water partition coefficient (Wildman–Crippen LogP) is -1.01. The summed E-state index contributed by atoms with van der Waals surface area (Å²) in [5.74, 6) is -0.404. The molecule has 86 valence electrons. The van der Waals surface area contributed by atoms with Crippen LogP contribution in [0.25, 0.3) is 0 Å². The summed E-state index contributed by atoms with van der Waals surface area (Å²) in [6, 6.07) is -0.731. The molecule has 0 saturated carbocycles. The van der Waals surface area contributed by atoms with Crippen LogP contribution in [0.4, 0.5) is 0 Å². The van der Waals surface area contributed by atoms with Crippen molar-refractivity contribution in [1.82, 2.24) is 0 Å². The van der Waals surface area contributed by atoms with E-state index in [0.29, 0.717) is 0 Å². The molecule has 0 bridgehead atoms. The lowest BCUT2D eigenvalue weighted by Crippen LogP contribution is -2.28. The molecule has 0 fully saturated rings. The number of thiol groups is 2. The van der Waals surface area contributed by atoms with Crippen LogP contribution in [-0.2, 0) is 4.79 Å². The van der Waals surface area contributed by atoms with Gasteiger partial charge in [-0.15, -0.1) is 0 Å². The summed E-state index contributed by atoms with van der Waals surface area (Å²) in [6.45, 7) is 1.42. The van der Waals surface area contributed by atoms with E-state index in [9.17, 15) is 4.79 Å². The van der Waals surface area contributed by atoms with Gasteiger partial charge in [0, 0.05) is 11.5 Å². The molecule has 0 aliphatic rings. The van der Waals surface area contributed by atoms with Crippen molar-refractivity contribution in [1.29, 1.82) is 0 Å². The van der Waals surface area contributed by atoms with Crippen LogP contribution in [-0.4, -0.2) is 51.0 Å². The lowest BCUT2D eigenvalue weighted by Gasteiger charge is -2.11. The second-order valence-corrected chi connectivity index (χ2v) is 3.36. The van der Waals surface area contributed by atoms with Crippen LogP contribution in [0.2, 0.25) is 0 Å². The van der Waals surface area contributed by atoms with Crippen LogP contribution in [0, 0.1) is 0 Å². The third kappa shape index (κ3) is 10.1. The van der Waals surface area contributed by atoms with E-state index in [1.54, 1.807) is 0 Å². The van der Waals surface area contributed by atoms with Crippen molar-refractivity contribution in [3.05, 3.63) is 0 Å². The van der Waals surface area contributed by atoms with E-state index in [-0.39, 0.29) is 11.5 Å². The predicted molar refractivity (Wildman–Crippen MR) is 61.0 cm³/mol. The summed E-state index contributed by atoms with van der Waals surface area (Å²) < 4.78 is 0. The van der Waals surface area contributed by atoms with Crippen molar-refractivity contribution < 1.29 is 20.1 Å². The number of aliphatic hydroxyl groups is 2. The minimum absolute atomic E-state index is 0.279. The molecule has 0 heterocycles. The second-order valence-electron chi connectivity index (χ2n) is 2.63. The van der Waals surface area contributed by atoms with Crippen LogP contribution in [0.1, 0.15) is 6.92 Å². The van der Waals surface area contributed by atoms with E-state index in [2.05, 4.69) is 25.3 Å². The number of carboxylic acids is 1. The molecule has 0 aromatic rings. The van der Waals surface area contributed by atoms with Gasteiger partial charge in [-0.05, 0) is 6.92 Å². The molecular formula is C7H17NO4S2. The molecule has 0 spiro atoms. The largest absolute Gasteiger partial charge is 0.480 e. The number of hydrogen-bond donors (Lipinski definition) is 6. The molecule has 0 aromatic carbocycles. The molecule has 0 radical (unpaired) electrons. The Bertz CT molecular complexity index is 149. The molecule has 0 amide bonds. The molecule has 5 nitrogen and oxygen atoms in total. The van der Waals surface area contributed by atoms with Crippen LogP contribution in [0.15, 0.2) is 0 Å². The van der Waals surface area contributed by atoms with Crippen LogP contribution in [0.3, 0.4) is 0 Å². The fourth-order valence-corrected chi connectivity index (χ4v) is 0.730. The minimum atomic E-state index is -0.963. The molecule has 7 heteroatoms. The van der Waals surface area contributed by atoms with Gasteiger partial charge in [0.1, 0.15) is 6.04 Å². The summed E-state index contributed by atoms with van der Waals surface area (Å²) in [4.78, 5) is 9.57. The van der Waals surface area contributed by atoms with Gasteiger partial charge in [0.15, 0.2) is 0 Å². The highest BCUT2D eigenvalue weighted by Gasteiger charge is 2.10. The number of carbonyl (C=O) groups is 1. The highest BCUT2D eigenvalue weighted by atomic mass is 32.1. The van der Waals surface area contributed by atoms with E-state index in [1.165, 1.54) is 6.92 Å². The van der Waals surface area contributed by atoms with Gasteiger partial charge in [-0.3, -0.25) is 4.79 Å². The molecule has 5 N–H and O–H groups in total. The van der Waals surface area contributed by atoms with Crippen LogP contribution < -0.4 is 5.73 Å². The van der Waals surface area contributed by atoms with Crippen molar-refractivity contribution in [2.75, 3.05) is 11.5 Å². The molecule has 0 rings (SSSR count). The van der Waals surface area contributed by atoms with E-state index < -0.39 is 24.2 Å². The van der Waals surface area contributed by atoms with Gasteiger partial charge in [0.25, 0.3) is 0 Å². The maximum atomic E-state index is 9.57. The first-order valence-electron chi connectivity index (χ1n) is 3.93. The molecule has 3 unspecified atom stereocenters. The average Bonchev–Trinajstić information content (AvgIpc) is 2.16. The number of aliphatic carboxylic acids is 1. The Labute approximate surface area is 94.1 Å². The zero-order valence-corrected chi connectivity index (χ0v) is 9.66.